The molecule has 0 aliphatic rings. The molecule has 2 rings (SSSR count). The zero-order chi connectivity index (χ0) is 8.23. The van der Waals surface area contributed by atoms with Crippen molar-refractivity contribution in [3.05, 3.63) is 48.8 Å². The van der Waals surface area contributed by atoms with Crippen molar-refractivity contribution in [3.63, 3.8) is 0 Å². The Morgan fingerprint density at radius 2 is 1.31 bits per heavy atom. The average molecular weight is 392 g/mol. The molecule has 60 valence electrons. The number of hydrogen-bond acceptors (Lipinski definition) is 2. The summed E-state index contributed by atoms with van der Waals surface area (Å²) in [6, 6.07) is 13.2. The maximum Gasteiger partial charge on any atom is 2.00 e. The Bertz CT molecular complexity index is 310. The van der Waals surface area contributed by atoms with Gasteiger partial charge in [-0.15, -0.1) is 23.5 Å². The van der Waals surface area contributed by atoms with Crippen molar-refractivity contribution in [2.24, 2.45) is 0 Å². The van der Waals surface area contributed by atoms with E-state index in [2.05, 4.69) is 22.1 Å². The molecule has 0 unspecified atom stereocenters. The molecule has 0 aliphatic carbocycles. The Kier molecular flexibility index (Phi) is 4.14. The standard InChI is InChI=1S/C10H6N2.U/c1-3-7-11-9(5-1)10-6-2-4-8-12-10;/h1-4,7-8H;/q-2;+2. The van der Waals surface area contributed by atoms with Gasteiger partial charge in [-0.1, -0.05) is 0 Å². The van der Waals surface area contributed by atoms with Crippen LogP contribution in [0.4, 0.5) is 0 Å². The molecule has 0 aromatic carbocycles. The molecule has 0 N–H and O–H groups in total. The molecule has 2 heterocycles. The molecule has 2 aromatic rings. The molecule has 0 saturated heterocycles. The molecule has 2 nitrogen and oxygen atoms in total. The van der Waals surface area contributed by atoms with Crippen LogP contribution in [0.3, 0.4) is 0 Å². The van der Waals surface area contributed by atoms with Crippen molar-refractivity contribution in [1.29, 1.82) is 0 Å². The monoisotopic (exact) mass is 392 g/mol. The van der Waals surface area contributed by atoms with E-state index in [-0.39, 0.29) is 31.1 Å². The van der Waals surface area contributed by atoms with E-state index in [4.69, 9.17) is 0 Å². The summed E-state index contributed by atoms with van der Waals surface area (Å²) < 4.78 is 0. The summed E-state index contributed by atoms with van der Waals surface area (Å²) in [4.78, 5) is 8.20. The molecule has 0 amide bonds. The van der Waals surface area contributed by atoms with E-state index in [1.807, 2.05) is 24.3 Å². The average Bonchev–Trinajstić information content (AvgIpc) is 2.21. The predicted molar refractivity (Wildman–Crippen MR) is 45.1 cm³/mol. The third-order valence-corrected chi connectivity index (χ3v) is 1.44. The van der Waals surface area contributed by atoms with Gasteiger partial charge in [0.1, 0.15) is 0 Å². The van der Waals surface area contributed by atoms with Crippen molar-refractivity contribution in [3.8, 4) is 11.4 Å². The quantitative estimate of drug-likeness (QED) is 0.692. The molecule has 0 bridgehead atoms. The molecule has 0 radical (unpaired) electrons. The fourth-order valence-electron chi connectivity index (χ4n) is 0.909. The Morgan fingerprint density at radius 1 is 0.846 bits per heavy atom. The van der Waals surface area contributed by atoms with Gasteiger partial charge in [0, 0.05) is 0 Å². The number of pyridine rings is 2. The van der Waals surface area contributed by atoms with Gasteiger partial charge in [-0.2, -0.15) is 12.1 Å². The maximum absolute atomic E-state index is 4.10. The second-order valence-corrected chi connectivity index (χ2v) is 2.26. The molecular formula is C10H6N2U. The van der Waals surface area contributed by atoms with Crippen molar-refractivity contribution >= 4 is 0 Å². The van der Waals surface area contributed by atoms with Gasteiger partial charge in [0.15, 0.2) is 0 Å². The van der Waals surface area contributed by atoms with Crippen LogP contribution in [-0.4, -0.2) is 9.97 Å². The van der Waals surface area contributed by atoms with E-state index in [9.17, 15) is 0 Å². The number of hydrogen-bond donors (Lipinski definition) is 0. The second kappa shape index (κ2) is 5.16. The summed E-state index contributed by atoms with van der Waals surface area (Å²) >= 11 is 0. The minimum atomic E-state index is 0. The predicted octanol–water partition coefficient (Wildman–Crippen LogP) is 1.74. The zero-order valence-corrected chi connectivity index (χ0v) is 11.0. The van der Waals surface area contributed by atoms with E-state index >= 15 is 0 Å². The number of nitrogens with zero attached hydrogens (tertiary/aromatic N) is 2. The van der Waals surface area contributed by atoms with E-state index in [1.165, 1.54) is 0 Å². The third kappa shape index (κ3) is 2.65. The maximum atomic E-state index is 4.10. The van der Waals surface area contributed by atoms with Gasteiger partial charge in [0.05, 0.1) is 0 Å². The largest absolute Gasteiger partial charge is 2.00 e. The van der Waals surface area contributed by atoms with Crippen LogP contribution in [0.15, 0.2) is 36.7 Å². The summed E-state index contributed by atoms with van der Waals surface area (Å²) in [6.45, 7) is 0. The van der Waals surface area contributed by atoms with Crippen LogP contribution in [0.5, 0.6) is 0 Å². The van der Waals surface area contributed by atoms with Crippen LogP contribution in [0, 0.1) is 43.2 Å². The van der Waals surface area contributed by atoms with Crippen molar-refractivity contribution in [2.75, 3.05) is 0 Å². The van der Waals surface area contributed by atoms with Gasteiger partial charge in [0.2, 0.25) is 0 Å². The third-order valence-electron chi connectivity index (χ3n) is 1.44. The minimum absolute atomic E-state index is 0. The topological polar surface area (TPSA) is 25.8 Å². The molecule has 0 spiro atoms. The van der Waals surface area contributed by atoms with E-state index in [1.54, 1.807) is 12.4 Å². The fraction of sp³-hybridized carbons (Fsp3) is 0. The molecule has 0 fully saturated rings. The SMILES string of the molecule is [U+2].[c-]1cccnc1-c1[c-]cccn1. The van der Waals surface area contributed by atoms with Gasteiger partial charge < -0.3 is 9.97 Å². The van der Waals surface area contributed by atoms with Crippen LogP contribution in [0.1, 0.15) is 0 Å². The summed E-state index contributed by atoms with van der Waals surface area (Å²) in [7, 11) is 0. The van der Waals surface area contributed by atoms with Crippen molar-refractivity contribution in [2.45, 2.75) is 0 Å². The van der Waals surface area contributed by atoms with Crippen LogP contribution in [0.2, 0.25) is 0 Å². The molecule has 2 aromatic heterocycles. The minimum Gasteiger partial charge on any atom is -0.357 e. The van der Waals surface area contributed by atoms with Gasteiger partial charge in [0.25, 0.3) is 0 Å². The van der Waals surface area contributed by atoms with Crippen LogP contribution < -0.4 is 0 Å². The van der Waals surface area contributed by atoms with E-state index in [0.29, 0.717) is 0 Å². The van der Waals surface area contributed by atoms with Gasteiger partial charge >= 0.3 is 31.1 Å². The van der Waals surface area contributed by atoms with E-state index in [0.717, 1.165) is 11.4 Å². The smallest absolute Gasteiger partial charge is 0.357 e. The zero-order valence-electron chi connectivity index (χ0n) is 6.86. The Labute approximate surface area is 101 Å². The first-order valence-corrected chi connectivity index (χ1v) is 3.62. The Hall–Kier alpha value is -0.648. The molecule has 0 atom stereocenters. The van der Waals surface area contributed by atoms with E-state index < -0.39 is 0 Å². The molecule has 0 aliphatic heterocycles. The van der Waals surface area contributed by atoms with Gasteiger partial charge in [-0.05, 0) is 12.4 Å². The second-order valence-electron chi connectivity index (χ2n) is 2.26. The molecule has 13 heavy (non-hydrogen) atoms. The van der Waals surface area contributed by atoms with Crippen LogP contribution in [0.25, 0.3) is 11.4 Å². The molecule has 3 heteroatoms. The normalized spacial score (nSPS) is 8.92. The number of aromatic nitrogens is 2. The van der Waals surface area contributed by atoms with Crippen molar-refractivity contribution in [1.82, 2.24) is 9.97 Å². The fourth-order valence-corrected chi connectivity index (χ4v) is 0.909. The molecule has 0 saturated carbocycles. The van der Waals surface area contributed by atoms with Crippen LogP contribution >= 0.6 is 0 Å². The molecular weight excluding hydrogens is 386 g/mol. The summed E-state index contributed by atoms with van der Waals surface area (Å²) in [5, 5.41) is 0. The Morgan fingerprint density at radius 3 is 1.62 bits per heavy atom. The first kappa shape index (κ1) is 10.4. The summed E-state index contributed by atoms with van der Waals surface area (Å²) in [5.74, 6) is 0. The van der Waals surface area contributed by atoms with Crippen molar-refractivity contribution < 1.29 is 31.1 Å². The number of rotatable bonds is 1. The van der Waals surface area contributed by atoms with Crippen LogP contribution in [-0.2, 0) is 0 Å². The summed E-state index contributed by atoms with van der Waals surface area (Å²) in [6.07, 6.45) is 3.43. The van der Waals surface area contributed by atoms with Gasteiger partial charge in [-0.25, -0.2) is 12.1 Å². The first-order valence-electron chi connectivity index (χ1n) is 3.62. The Balaban J connectivity index is 0.000000845. The van der Waals surface area contributed by atoms with Gasteiger partial charge in [-0.3, -0.25) is 0 Å². The summed E-state index contributed by atoms with van der Waals surface area (Å²) in [5.41, 5.74) is 1.47. The first-order chi connectivity index (χ1) is 5.97.